The summed E-state index contributed by atoms with van der Waals surface area (Å²) < 4.78 is 42.2. The Morgan fingerprint density at radius 3 is 2.60 bits per heavy atom. The SMILES string of the molecule is CSC1CC(C)NC(=O)C1CNC(=O)c1cc(Cl)c2c(c1C)OC(C)(C1CCC(N3CC(OC(F)F)C3)CC1)O2. The van der Waals surface area contributed by atoms with Crippen LogP contribution in [-0.4, -0.2) is 78.4 Å². The van der Waals surface area contributed by atoms with Crippen molar-refractivity contribution in [1.82, 2.24) is 15.5 Å². The molecule has 5 rings (SSSR count). The van der Waals surface area contributed by atoms with E-state index in [4.69, 9.17) is 21.1 Å². The van der Waals surface area contributed by atoms with Gasteiger partial charge in [0.05, 0.1) is 17.0 Å². The molecule has 1 aromatic carbocycles. The van der Waals surface area contributed by atoms with E-state index in [2.05, 4.69) is 20.3 Å². The maximum atomic E-state index is 13.2. The van der Waals surface area contributed by atoms with Gasteiger partial charge in [0.2, 0.25) is 5.91 Å². The van der Waals surface area contributed by atoms with Crippen LogP contribution < -0.4 is 20.1 Å². The summed E-state index contributed by atoms with van der Waals surface area (Å²) in [5.74, 6) is -0.558. The second-order valence-electron chi connectivity index (χ2n) is 11.6. The molecule has 3 heterocycles. The predicted molar refractivity (Wildman–Crippen MR) is 149 cm³/mol. The first-order valence-corrected chi connectivity index (χ1v) is 15.7. The molecule has 4 aliphatic rings. The van der Waals surface area contributed by atoms with Gasteiger partial charge < -0.3 is 24.8 Å². The third-order valence-corrected chi connectivity index (χ3v) is 10.4. The highest BCUT2D eigenvalue weighted by Crippen LogP contribution is 2.52. The molecule has 2 N–H and O–H groups in total. The van der Waals surface area contributed by atoms with Crippen molar-refractivity contribution in [1.29, 1.82) is 0 Å². The molecule has 40 heavy (non-hydrogen) atoms. The van der Waals surface area contributed by atoms with E-state index in [9.17, 15) is 18.4 Å². The number of carbonyl (C=O) groups excluding carboxylic acids is 2. The molecular formula is C28H38ClF2N3O5S. The van der Waals surface area contributed by atoms with Crippen LogP contribution in [0.25, 0.3) is 0 Å². The predicted octanol–water partition coefficient (Wildman–Crippen LogP) is 4.60. The highest BCUT2D eigenvalue weighted by molar-refractivity contribution is 7.99. The molecule has 0 bridgehead atoms. The van der Waals surface area contributed by atoms with Crippen LogP contribution in [0.2, 0.25) is 5.02 Å². The fraction of sp³-hybridized carbons (Fsp3) is 0.714. The molecule has 1 saturated carbocycles. The number of hydrogen-bond donors (Lipinski definition) is 2. The second-order valence-corrected chi connectivity index (χ2v) is 13.1. The van der Waals surface area contributed by atoms with Crippen molar-refractivity contribution in [2.45, 2.75) is 88.7 Å². The van der Waals surface area contributed by atoms with E-state index < -0.39 is 18.5 Å². The molecule has 0 aromatic heterocycles. The lowest BCUT2D eigenvalue weighted by molar-refractivity contribution is -0.203. The summed E-state index contributed by atoms with van der Waals surface area (Å²) in [6.45, 7) is 4.31. The number of alkyl halides is 2. The summed E-state index contributed by atoms with van der Waals surface area (Å²) in [7, 11) is 0. The van der Waals surface area contributed by atoms with E-state index in [0.717, 1.165) is 32.1 Å². The van der Waals surface area contributed by atoms with Crippen LogP contribution in [0.15, 0.2) is 6.07 Å². The van der Waals surface area contributed by atoms with Crippen molar-refractivity contribution in [3.8, 4) is 11.5 Å². The van der Waals surface area contributed by atoms with Crippen molar-refractivity contribution in [2.24, 2.45) is 11.8 Å². The van der Waals surface area contributed by atoms with E-state index in [-0.39, 0.29) is 41.5 Å². The van der Waals surface area contributed by atoms with Gasteiger partial charge in [-0.05, 0) is 58.3 Å². The standard InChI is InChI=1S/C28H38ClF2N3O5S/c1-14-9-22(40-4)20(26(36)33-14)11-32-25(35)19-10-21(29)24-23(15(19)2)38-28(3,39-24)16-5-7-17(8-6-16)34-12-18(13-34)37-27(30)31/h10,14,16-18,20,22,27H,5-9,11-13H2,1-4H3,(H,32,35)(H,33,36). The Morgan fingerprint density at radius 2 is 1.95 bits per heavy atom. The van der Waals surface area contributed by atoms with Crippen LogP contribution in [0.3, 0.4) is 0 Å². The summed E-state index contributed by atoms with van der Waals surface area (Å²) >= 11 is 8.25. The lowest BCUT2D eigenvalue weighted by Gasteiger charge is -2.47. The fourth-order valence-corrected chi connectivity index (χ4v) is 7.85. The Labute approximate surface area is 243 Å². The number of rotatable bonds is 8. The number of fused-ring (bicyclic) bond motifs is 1. The van der Waals surface area contributed by atoms with E-state index in [0.29, 0.717) is 46.8 Å². The smallest absolute Gasteiger partial charge is 0.345 e. The van der Waals surface area contributed by atoms with Gasteiger partial charge >= 0.3 is 6.61 Å². The fourth-order valence-electron chi connectivity index (χ4n) is 6.59. The lowest BCUT2D eigenvalue weighted by Crippen LogP contribution is -2.58. The van der Waals surface area contributed by atoms with Crippen molar-refractivity contribution < 1.29 is 32.6 Å². The minimum Gasteiger partial charge on any atom is -0.448 e. The summed E-state index contributed by atoms with van der Waals surface area (Å²) in [5.41, 5.74) is 1.03. The van der Waals surface area contributed by atoms with Crippen molar-refractivity contribution in [3.63, 3.8) is 0 Å². The summed E-state index contributed by atoms with van der Waals surface area (Å²) in [6, 6.07) is 2.06. The highest BCUT2D eigenvalue weighted by atomic mass is 35.5. The summed E-state index contributed by atoms with van der Waals surface area (Å²) in [4.78, 5) is 28.0. The first-order chi connectivity index (χ1) is 19.0. The molecule has 8 nitrogen and oxygen atoms in total. The van der Waals surface area contributed by atoms with E-state index in [1.165, 1.54) is 0 Å². The maximum Gasteiger partial charge on any atom is 0.345 e. The largest absolute Gasteiger partial charge is 0.448 e. The average molecular weight is 602 g/mol. The molecule has 2 saturated heterocycles. The lowest BCUT2D eigenvalue weighted by atomic mass is 9.80. The van der Waals surface area contributed by atoms with Gasteiger partial charge in [-0.25, -0.2) is 0 Å². The number of halogens is 3. The summed E-state index contributed by atoms with van der Waals surface area (Å²) in [6.07, 6.45) is 5.99. The monoisotopic (exact) mass is 601 g/mol. The minimum absolute atomic E-state index is 0.0419. The zero-order chi connectivity index (χ0) is 28.8. The van der Waals surface area contributed by atoms with Crippen LogP contribution in [0.4, 0.5) is 8.78 Å². The second kappa shape index (κ2) is 11.8. The minimum atomic E-state index is -2.72. The third kappa shape index (κ3) is 5.89. The topological polar surface area (TPSA) is 89.1 Å². The number of amides is 2. The number of benzene rings is 1. The first-order valence-electron chi connectivity index (χ1n) is 14.0. The molecule has 4 atom stereocenters. The molecule has 1 aliphatic carbocycles. The molecule has 3 aliphatic heterocycles. The van der Waals surface area contributed by atoms with Gasteiger partial charge in [-0.3, -0.25) is 14.5 Å². The van der Waals surface area contributed by atoms with Gasteiger partial charge in [0.1, 0.15) is 0 Å². The molecule has 2 amide bonds. The molecule has 222 valence electrons. The Hall–Kier alpha value is -1.82. The van der Waals surface area contributed by atoms with Gasteiger partial charge in [-0.1, -0.05) is 11.6 Å². The van der Waals surface area contributed by atoms with Crippen molar-refractivity contribution in [2.75, 3.05) is 25.9 Å². The van der Waals surface area contributed by atoms with Gasteiger partial charge in [-0.2, -0.15) is 20.5 Å². The number of piperidine rings is 1. The highest BCUT2D eigenvalue weighted by Gasteiger charge is 2.48. The van der Waals surface area contributed by atoms with E-state index >= 15 is 0 Å². The zero-order valence-electron chi connectivity index (χ0n) is 23.3. The average Bonchev–Trinajstić information content (AvgIpc) is 3.26. The molecular weight excluding hydrogens is 564 g/mol. The number of thioether (sulfide) groups is 1. The number of ether oxygens (including phenoxy) is 3. The Balaban J connectivity index is 1.20. The number of nitrogens with zero attached hydrogens (tertiary/aromatic N) is 1. The molecule has 3 fully saturated rings. The van der Waals surface area contributed by atoms with Crippen LogP contribution in [0.5, 0.6) is 11.5 Å². The van der Waals surface area contributed by atoms with Gasteiger partial charge in [0.15, 0.2) is 11.5 Å². The zero-order valence-corrected chi connectivity index (χ0v) is 24.9. The van der Waals surface area contributed by atoms with Gasteiger partial charge in [0, 0.05) is 60.9 Å². The van der Waals surface area contributed by atoms with Crippen LogP contribution in [0, 0.1) is 18.8 Å². The first kappa shape index (κ1) is 29.7. The summed E-state index contributed by atoms with van der Waals surface area (Å²) in [5, 5.41) is 6.36. The Bertz CT molecular complexity index is 1130. The van der Waals surface area contributed by atoms with E-state index in [1.54, 1.807) is 17.8 Å². The Kier molecular flexibility index (Phi) is 8.76. The van der Waals surface area contributed by atoms with Crippen LogP contribution in [-0.2, 0) is 9.53 Å². The molecule has 0 radical (unpaired) electrons. The normalized spacial score (nSPS) is 32.6. The molecule has 12 heteroatoms. The van der Waals surface area contributed by atoms with Crippen molar-refractivity contribution >= 4 is 35.2 Å². The van der Waals surface area contributed by atoms with E-state index in [1.807, 2.05) is 27.0 Å². The number of likely N-dealkylation sites (tertiary alicyclic amines) is 1. The Morgan fingerprint density at radius 1 is 1.27 bits per heavy atom. The third-order valence-electron chi connectivity index (χ3n) is 8.96. The molecule has 4 unspecified atom stereocenters. The van der Waals surface area contributed by atoms with Crippen LogP contribution in [0.1, 0.15) is 61.9 Å². The van der Waals surface area contributed by atoms with Crippen molar-refractivity contribution in [3.05, 3.63) is 22.2 Å². The number of nitrogens with one attached hydrogen (secondary N) is 2. The number of carbonyl (C=O) groups is 2. The van der Waals surface area contributed by atoms with Gasteiger partial charge in [0.25, 0.3) is 11.7 Å². The number of hydrogen-bond acceptors (Lipinski definition) is 7. The van der Waals surface area contributed by atoms with Gasteiger partial charge in [-0.15, -0.1) is 0 Å². The van der Waals surface area contributed by atoms with Crippen LogP contribution >= 0.6 is 23.4 Å². The molecule has 1 aromatic rings. The molecule has 0 spiro atoms. The maximum absolute atomic E-state index is 13.2. The quantitative estimate of drug-likeness (QED) is 0.450.